The van der Waals surface area contributed by atoms with Crippen molar-refractivity contribution in [1.82, 2.24) is 30.3 Å². The van der Waals surface area contributed by atoms with Crippen molar-refractivity contribution < 1.29 is 0 Å². The van der Waals surface area contributed by atoms with Gasteiger partial charge >= 0.3 is 0 Å². The van der Waals surface area contributed by atoms with E-state index < -0.39 is 0 Å². The zero-order valence-corrected chi connectivity index (χ0v) is 17.1. The molecular formula is C21H33N7. The van der Waals surface area contributed by atoms with E-state index in [9.17, 15) is 0 Å². The second-order valence-corrected chi connectivity index (χ2v) is 7.64. The van der Waals surface area contributed by atoms with E-state index in [1.54, 1.807) is 12.7 Å². The van der Waals surface area contributed by atoms with E-state index in [2.05, 4.69) is 61.8 Å². The summed E-state index contributed by atoms with van der Waals surface area (Å²) in [5.41, 5.74) is 2.44. The van der Waals surface area contributed by atoms with Crippen molar-refractivity contribution in [1.29, 1.82) is 0 Å². The largest absolute Gasteiger partial charge is 0.356 e. The first-order chi connectivity index (χ1) is 13.7. The third-order valence-corrected chi connectivity index (χ3v) is 5.31. The Labute approximate surface area is 168 Å². The highest BCUT2D eigenvalue weighted by Gasteiger charge is 2.14. The van der Waals surface area contributed by atoms with E-state index in [0.29, 0.717) is 0 Å². The molecule has 1 fully saturated rings. The van der Waals surface area contributed by atoms with Gasteiger partial charge in [0.2, 0.25) is 0 Å². The van der Waals surface area contributed by atoms with E-state index in [0.717, 1.165) is 37.9 Å². The lowest BCUT2D eigenvalue weighted by Crippen LogP contribution is -2.39. The van der Waals surface area contributed by atoms with E-state index >= 15 is 0 Å². The van der Waals surface area contributed by atoms with Crippen molar-refractivity contribution in [3.05, 3.63) is 48.0 Å². The van der Waals surface area contributed by atoms with Crippen molar-refractivity contribution in [3.63, 3.8) is 0 Å². The summed E-state index contributed by atoms with van der Waals surface area (Å²) in [4.78, 5) is 10.9. The Hall–Kier alpha value is -2.41. The van der Waals surface area contributed by atoms with Gasteiger partial charge in [0.1, 0.15) is 12.7 Å². The molecule has 0 aliphatic carbocycles. The first-order valence-corrected chi connectivity index (χ1v) is 10.3. The summed E-state index contributed by atoms with van der Waals surface area (Å²) >= 11 is 0. The zero-order valence-electron chi connectivity index (χ0n) is 17.1. The van der Waals surface area contributed by atoms with Crippen LogP contribution in [0.5, 0.6) is 0 Å². The number of hydrogen-bond acceptors (Lipinski definition) is 4. The van der Waals surface area contributed by atoms with Gasteiger partial charge in [0, 0.05) is 20.1 Å². The van der Waals surface area contributed by atoms with E-state index in [4.69, 9.17) is 0 Å². The molecule has 1 aromatic heterocycles. The minimum Gasteiger partial charge on any atom is -0.356 e. The van der Waals surface area contributed by atoms with Crippen molar-refractivity contribution in [2.75, 3.05) is 33.2 Å². The van der Waals surface area contributed by atoms with E-state index in [1.165, 1.54) is 43.6 Å². The molecule has 0 atom stereocenters. The summed E-state index contributed by atoms with van der Waals surface area (Å²) < 4.78 is 1.83. The molecule has 28 heavy (non-hydrogen) atoms. The van der Waals surface area contributed by atoms with Gasteiger partial charge in [-0.05, 0) is 55.9 Å². The van der Waals surface area contributed by atoms with Gasteiger partial charge in [-0.3, -0.25) is 4.99 Å². The van der Waals surface area contributed by atoms with Crippen LogP contribution in [-0.2, 0) is 13.1 Å². The molecule has 2 aromatic rings. The summed E-state index contributed by atoms with van der Waals surface area (Å²) in [5, 5.41) is 11.0. The molecule has 0 saturated carbocycles. The third-order valence-electron chi connectivity index (χ3n) is 5.31. The highest BCUT2D eigenvalue weighted by atomic mass is 15.3. The van der Waals surface area contributed by atoms with Gasteiger partial charge in [0.15, 0.2) is 5.96 Å². The van der Waals surface area contributed by atoms with Crippen molar-refractivity contribution >= 4 is 5.96 Å². The second-order valence-electron chi connectivity index (χ2n) is 7.64. The maximum Gasteiger partial charge on any atom is 0.191 e. The molecule has 0 unspecified atom stereocenters. The van der Waals surface area contributed by atoms with Gasteiger partial charge in [0.05, 0.1) is 6.54 Å². The van der Waals surface area contributed by atoms with Crippen molar-refractivity contribution in [2.24, 2.45) is 10.9 Å². The quantitative estimate of drug-likeness (QED) is 0.415. The van der Waals surface area contributed by atoms with Gasteiger partial charge in [-0.15, -0.1) is 0 Å². The normalized spacial score (nSPS) is 16.3. The van der Waals surface area contributed by atoms with E-state index in [-0.39, 0.29) is 0 Å². The highest BCUT2D eigenvalue weighted by Crippen LogP contribution is 2.15. The molecule has 0 amide bonds. The lowest BCUT2D eigenvalue weighted by molar-refractivity contribution is 0.191. The SMILES string of the molecule is CN=C(NCCCN1CCC(C)CC1)NCc1cccc(Cn2cncn2)c1. The average molecular weight is 384 g/mol. The number of guanidine groups is 1. The van der Waals surface area contributed by atoms with Gasteiger partial charge < -0.3 is 15.5 Å². The summed E-state index contributed by atoms with van der Waals surface area (Å²) in [6.07, 6.45) is 7.12. The minimum atomic E-state index is 0.732. The van der Waals surface area contributed by atoms with Crippen LogP contribution in [0.4, 0.5) is 0 Å². The molecule has 2 heterocycles. The number of nitrogens with one attached hydrogen (secondary N) is 2. The fourth-order valence-electron chi connectivity index (χ4n) is 3.54. The van der Waals surface area contributed by atoms with Crippen LogP contribution < -0.4 is 10.6 Å². The molecule has 0 spiro atoms. The predicted molar refractivity (Wildman–Crippen MR) is 113 cm³/mol. The molecule has 2 N–H and O–H groups in total. The number of piperidine rings is 1. The van der Waals surface area contributed by atoms with Crippen LogP contribution in [0, 0.1) is 5.92 Å². The molecule has 152 valence electrons. The average Bonchev–Trinajstić information content (AvgIpc) is 3.22. The Bertz CT molecular complexity index is 718. The van der Waals surface area contributed by atoms with Crippen LogP contribution in [0.2, 0.25) is 0 Å². The second kappa shape index (κ2) is 10.8. The lowest BCUT2D eigenvalue weighted by atomic mass is 9.99. The highest BCUT2D eigenvalue weighted by molar-refractivity contribution is 5.79. The molecular weight excluding hydrogens is 350 g/mol. The Balaban J connectivity index is 1.37. The molecule has 1 aliphatic heterocycles. The number of aliphatic imine (C=N–C) groups is 1. The number of hydrogen-bond donors (Lipinski definition) is 2. The molecule has 1 aliphatic rings. The Morgan fingerprint density at radius 3 is 2.79 bits per heavy atom. The van der Waals surface area contributed by atoms with Crippen molar-refractivity contribution in [3.8, 4) is 0 Å². The van der Waals surface area contributed by atoms with Crippen LogP contribution in [0.3, 0.4) is 0 Å². The van der Waals surface area contributed by atoms with Gasteiger partial charge in [-0.1, -0.05) is 31.2 Å². The van der Waals surface area contributed by atoms with Gasteiger partial charge in [0.25, 0.3) is 0 Å². The Morgan fingerprint density at radius 1 is 1.21 bits per heavy atom. The monoisotopic (exact) mass is 383 g/mol. The summed E-state index contributed by atoms with van der Waals surface area (Å²) in [5.74, 6) is 1.75. The van der Waals surface area contributed by atoms with Crippen LogP contribution in [-0.4, -0.2) is 58.9 Å². The van der Waals surface area contributed by atoms with Gasteiger partial charge in [-0.25, -0.2) is 9.67 Å². The van der Waals surface area contributed by atoms with Crippen molar-refractivity contribution in [2.45, 2.75) is 39.3 Å². The molecule has 7 nitrogen and oxygen atoms in total. The smallest absolute Gasteiger partial charge is 0.191 e. The number of likely N-dealkylation sites (tertiary alicyclic amines) is 1. The molecule has 3 rings (SSSR count). The number of benzene rings is 1. The lowest BCUT2D eigenvalue weighted by Gasteiger charge is -2.30. The number of rotatable bonds is 8. The summed E-state index contributed by atoms with van der Waals surface area (Å²) in [7, 11) is 1.82. The standard InChI is InChI=1S/C21H33N7/c1-18-7-11-27(12-8-18)10-4-9-24-21(22-2)25-14-19-5-3-6-20(13-19)15-28-17-23-16-26-28/h3,5-6,13,16-18H,4,7-12,14-15H2,1-2H3,(H2,22,24,25). The number of nitrogens with zero attached hydrogens (tertiary/aromatic N) is 5. The molecule has 1 aromatic carbocycles. The molecule has 7 heteroatoms. The van der Waals surface area contributed by atoms with Crippen LogP contribution >= 0.6 is 0 Å². The Morgan fingerprint density at radius 2 is 2.04 bits per heavy atom. The zero-order chi connectivity index (χ0) is 19.6. The maximum absolute atomic E-state index is 4.34. The maximum atomic E-state index is 4.34. The molecule has 1 saturated heterocycles. The Kier molecular flexibility index (Phi) is 7.84. The summed E-state index contributed by atoms with van der Waals surface area (Å²) in [6, 6.07) is 8.51. The van der Waals surface area contributed by atoms with Gasteiger partial charge in [-0.2, -0.15) is 5.10 Å². The topological polar surface area (TPSA) is 70.4 Å². The first kappa shape index (κ1) is 20.3. The van der Waals surface area contributed by atoms with Crippen LogP contribution in [0.1, 0.15) is 37.3 Å². The molecule has 0 bridgehead atoms. The fourth-order valence-corrected chi connectivity index (χ4v) is 3.54. The predicted octanol–water partition coefficient (Wildman–Crippen LogP) is 2.11. The molecule has 0 radical (unpaired) electrons. The summed E-state index contributed by atoms with van der Waals surface area (Å²) in [6.45, 7) is 8.45. The third kappa shape index (κ3) is 6.64. The number of aromatic nitrogens is 3. The minimum absolute atomic E-state index is 0.732. The first-order valence-electron chi connectivity index (χ1n) is 10.3. The van der Waals surface area contributed by atoms with E-state index in [1.807, 2.05) is 11.7 Å². The van der Waals surface area contributed by atoms with Crippen LogP contribution in [0.15, 0.2) is 41.9 Å². The van der Waals surface area contributed by atoms with Crippen LogP contribution in [0.25, 0.3) is 0 Å². The fraction of sp³-hybridized carbons (Fsp3) is 0.571.